The van der Waals surface area contributed by atoms with Crippen LogP contribution >= 0.6 is 22.6 Å². The fraction of sp³-hybridized carbons (Fsp3) is 0.571. The zero-order chi connectivity index (χ0) is 7.56. The van der Waals surface area contributed by atoms with Crippen molar-refractivity contribution in [2.45, 2.75) is 26.7 Å². The first kappa shape index (κ1) is 8.04. The zero-order valence-corrected chi connectivity index (χ0v) is 8.40. The summed E-state index contributed by atoms with van der Waals surface area (Å²) in [6.07, 6.45) is 2.26. The average Bonchev–Trinajstić information content (AvgIpc) is 2.13. The van der Waals surface area contributed by atoms with Gasteiger partial charge >= 0.3 is 0 Å². The molecule has 0 aliphatic rings. The van der Waals surface area contributed by atoms with Crippen molar-refractivity contribution in [1.29, 1.82) is 0 Å². The molecule has 0 aliphatic carbocycles. The van der Waals surface area contributed by atoms with Crippen molar-refractivity contribution in [2.24, 2.45) is 0 Å². The van der Waals surface area contributed by atoms with Crippen LogP contribution in [0.1, 0.15) is 24.7 Å². The molecule has 0 fully saturated rings. The lowest BCUT2D eigenvalue weighted by atomic mass is 10.2. The highest BCUT2D eigenvalue weighted by atomic mass is 127. The molecule has 1 rings (SSSR count). The van der Waals surface area contributed by atoms with Gasteiger partial charge in [-0.2, -0.15) is 0 Å². The van der Waals surface area contributed by atoms with Crippen LogP contribution in [0.4, 0.5) is 0 Å². The molecule has 3 heteroatoms. The molecule has 0 amide bonds. The predicted octanol–water partition coefficient (Wildman–Crippen LogP) is 2.28. The lowest BCUT2D eigenvalue weighted by Gasteiger charge is -1.90. The Kier molecular flexibility index (Phi) is 2.71. The van der Waals surface area contributed by atoms with Crippen LogP contribution in [0.3, 0.4) is 0 Å². The molecule has 1 aromatic heterocycles. The number of halogens is 1. The minimum atomic E-state index is 0.999. The maximum Gasteiger partial charge on any atom is 0.169 e. The van der Waals surface area contributed by atoms with E-state index in [0.717, 1.165) is 10.3 Å². The highest BCUT2D eigenvalue weighted by molar-refractivity contribution is 14.1. The molecule has 10 heavy (non-hydrogen) atoms. The van der Waals surface area contributed by atoms with E-state index in [9.17, 15) is 0 Å². The number of hydrogen-bond donors (Lipinski definition) is 1. The van der Waals surface area contributed by atoms with Gasteiger partial charge in [-0.25, -0.2) is 4.98 Å². The van der Waals surface area contributed by atoms with Crippen LogP contribution in [0.25, 0.3) is 0 Å². The Balaban J connectivity index is 2.81. The Morgan fingerprint density at radius 3 is 2.70 bits per heavy atom. The monoisotopic (exact) mass is 250 g/mol. The summed E-state index contributed by atoms with van der Waals surface area (Å²) in [4.78, 5) is 7.50. The lowest BCUT2D eigenvalue weighted by Crippen LogP contribution is -1.85. The predicted molar refractivity (Wildman–Crippen MR) is 50.0 cm³/mol. The van der Waals surface area contributed by atoms with Gasteiger partial charge in [0.15, 0.2) is 3.83 Å². The Bertz CT molecular complexity index is 217. The van der Waals surface area contributed by atoms with E-state index in [4.69, 9.17) is 0 Å². The van der Waals surface area contributed by atoms with Crippen LogP contribution in [0.5, 0.6) is 0 Å². The van der Waals surface area contributed by atoms with Gasteiger partial charge < -0.3 is 4.98 Å². The van der Waals surface area contributed by atoms with E-state index >= 15 is 0 Å². The van der Waals surface area contributed by atoms with E-state index in [1.165, 1.54) is 17.8 Å². The largest absolute Gasteiger partial charge is 0.337 e. The zero-order valence-electron chi connectivity index (χ0n) is 6.24. The van der Waals surface area contributed by atoms with Crippen LogP contribution < -0.4 is 0 Å². The van der Waals surface area contributed by atoms with Crippen LogP contribution in [-0.4, -0.2) is 9.97 Å². The number of nitrogens with one attached hydrogen (secondary N) is 1. The summed E-state index contributed by atoms with van der Waals surface area (Å²) in [7, 11) is 0. The normalized spacial score (nSPS) is 10.3. The molecule has 0 atom stereocenters. The molecule has 2 nitrogen and oxygen atoms in total. The third kappa shape index (κ3) is 1.71. The topological polar surface area (TPSA) is 28.7 Å². The summed E-state index contributed by atoms with van der Waals surface area (Å²) in [6, 6.07) is 0. The smallest absolute Gasteiger partial charge is 0.169 e. The third-order valence-electron chi connectivity index (χ3n) is 1.44. The second kappa shape index (κ2) is 3.37. The molecule has 1 heterocycles. The van der Waals surface area contributed by atoms with E-state index < -0.39 is 0 Å². The van der Waals surface area contributed by atoms with Gasteiger partial charge in [-0.05, 0) is 35.9 Å². The SMILES string of the molecule is CCCc1nc(I)[nH]c1C. The summed E-state index contributed by atoms with van der Waals surface area (Å²) >= 11 is 2.20. The van der Waals surface area contributed by atoms with Crippen molar-refractivity contribution >= 4 is 22.6 Å². The summed E-state index contributed by atoms with van der Waals surface area (Å²) in [5.74, 6) is 0. The number of aryl methyl sites for hydroxylation is 2. The molecule has 0 spiro atoms. The summed E-state index contributed by atoms with van der Waals surface area (Å²) < 4.78 is 0.999. The standard InChI is InChI=1S/C7H11IN2/c1-3-4-6-5(2)9-7(8)10-6/h3-4H2,1-2H3,(H,9,10). The van der Waals surface area contributed by atoms with Gasteiger partial charge in [-0.15, -0.1) is 0 Å². The Labute approximate surface area is 74.6 Å². The number of H-pyrrole nitrogens is 1. The van der Waals surface area contributed by atoms with Gasteiger partial charge in [-0.3, -0.25) is 0 Å². The van der Waals surface area contributed by atoms with Crippen LogP contribution in [0, 0.1) is 10.8 Å². The van der Waals surface area contributed by atoms with Crippen molar-refractivity contribution in [2.75, 3.05) is 0 Å². The number of hydrogen-bond acceptors (Lipinski definition) is 1. The van der Waals surface area contributed by atoms with Gasteiger partial charge in [0.2, 0.25) is 0 Å². The van der Waals surface area contributed by atoms with Crippen molar-refractivity contribution in [3.8, 4) is 0 Å². The maximum absolute atomic E-state index is 4.33. The second-order valence-corrected chi connectivity index (χ2v) is 3.37. The van der Waals surface area contributed by atoms with Crippen molar-refractivity contribution < 1.29 is 0 Å². The Morgan fingerprint density at radius 1 is 1.60 bits per heavy atom. The van der Waals surface area contributed by atoms with Crippen LogP contribution in [-0.2, 0) is 6.42 Å². The van der Waals surface area contributed by atoms with E-state index in [1.807, 2.05) is 0 Å². The molecular weight excluding hydrogens is 239 g/mol. The fourth-order valence-corrected chi connectivity index (χ4v) is 1.63. The number of aromatic amines is 1. The van der Waals surface area contributed by atoms with Gasteiger partial charge in [0.1, 0.15) is 0 Å². The van der Waals surface area contributed by atoms with Gasteiger partial charge in [-0.1, -0.05) is 13.3 Å². The summed E-state index contributed by atoms with van der Waals surface area (Å²) in [6.45, 7) is 4.24. The van der Waals surface area contributed by atoms with E-state index in [1.54, 1.807) is 0 Å². The molecule has 1 N–H and O–H groups in total. The summed E-state index contributed by atoms with van der Waals surface area (Å²) in [5.41, 5.74) is 2.43. The molecule has 0 unspecified atom stereocenters. The molecule has 0 aliphatic heterocycles. The summed E-state index contributed by atoms with van der Waals surface area (Å²) in [5, 5.41) is 0. The molecule has 0 saturated carbocycles. The number of rotatable bonds is 2. The molecule has 0 saturated heterocycles. The van der Waals surface area contributed by atoms with Crippen LogP contribution in [0.2, 0.25) is 0 Å². The minimum absolute atomic E-state index is 0.999. The first-order valence-electron chi connectivity index (χ1n) is 3.45. The minimum Gasteiger partial charge on any atom is -0.337 e. The molecule has 1 aromatic rings. The first-order chi connectivity index (χ1) is 4.74. The van der Waals surface area contributed by atoms with E-state index in [2.05, 4.69) is 46.4 Å². The molecule has 56 valence electrons. The number of imidazole rings is 1. The van der Waals surface area contributed by atoms with Gasteiger partial charge in [0.05, 0.1) is 5.69 Å². The van der Waals surface area contributed by atoms with E-state index in [0.29, 0.717) is 0 Å². The Morgan fingerprint density at radius 2 is 2.30 bits per heavy atom. The lowest BCUT2D eigenvalue weighted by molar-refractivity contribution is 0.881. The quantitative estimate of drug-likeness (QED) is 0.801. The molecule has 0 aromatic carbocycles. The fourth-order valence-electron chi connectivity index (χ4n) is 0.937. The highest BCUT2D eigenvalue weighted by Gasteiger charge is 2.01. The second-order valence-electron chi connectivity index (χ2n) is 2.35. The third-order valence-corrected chi connectivity index (χ3v) is 1.95. The Hall–Kier alpha value is -0.0600. The van der Waals surface area contributed by atoms with Crippen LogP contribution in [0.15, 0.2) is 0 Å². The van der Waals surface area contributed by atoms with Gasteiger partial charge in [0, 0.05) is 5.69 Å². The van der Waals surface area contributed by atoms with E-state index in [-0.39, 0.29) is 0 Å². The van der Waals surface area contributed by atoms with Crippen molar-refractivity contribution in [3.63, 3.8) is 0 Å². The number of aromatic nitrogens is 2. The van der Waals surface area contributed by atoms with Crippen molar-refractivity contribution in [3.05, 3.63) is 15.2 Å². The average molecular weight is 250 g/mol. The van der Waals surface area contributed by atoms with Gasteiger partial charge in [0.25, 0.3) is 0 Å². The number of nitrogens with zero attached hydrogens (tertiary/aromatic N) is 1. The molecular formula is C7H11IN2. The first-order valence-corrected chi connectivity index (χ1v) is 4.53. The highest BCUT2D eigenvalue weighted by Crippen LogP contribution is 2.08. The maximum atomic E-state index is 4.33. The van der Waals surface area contributed by atoms with Crippen molar-refractivity contribution in [1.82, 2.24) is 9.97 Å². The molecule has 0 bridgehead atoms. The molecule has 0 radical (unpaired) electrons.